The second-order valence-electron chi connectivity index (χ2n) is 6.58. The lowest BCUT2D eigenvalue weighted by Crippen LogP contribution is -2.15. The lowest BCUT2D eigenvalue weighted by molar-refractivity contribution is -0.385. The van der Waals surface area contributed by atoms with Crippen molar-refractivity contribution >= 4 is 40.6 Å². The SMILES string of the molecule is COc1ccc(CSCC(=O)Nc2cccc(NC(=O)c3ccncc3)c2)cc1[N+](=O)[O-]. The maximum atomic E-state index is 12.3. The minimum absolute atomic E-state index is 0.110. The van der Waals surface area contributed by atoms with E-state index >= 15 is 0 Å². The molecule has 0 fully saturated rings. The second kappa shape index (κ2) is 10.9. The van der Waals surface area contributed by atoms with E-state index in [0.717, 1.165) is 5.56 Å². The van der Waals surface area contributed by atoms with Crippen LogP contribution in [0.15, 0.2) is 67.0 Å². The number of rotatable bonds is 9. The van der Waals surface area contributed by atoms with Gasteiger partial charge in [-0.15, -0.1) is 11.8 Å². The predicted octanol–water partition coefficient (Wildman–Crippen LogP) is 4.12. The number of nitro benzene ring substituents is 1. The van der Waals surface area contributed by atoms with Crippen LogP contribution in [0.2, 0.25) is 0 Å². The number of ether oxygens (including phenoxy) is 1. The zero-order valence-corrected chi connectivity index (χ0v) is 17.9. The predicted molar refractivity (Wildman–Crippen MR) is 123 cm³/mol. The summed E-state index contributed by atoms with van der Waals surface area (Å²) in [7, 11) is 1.38. The molecule has 2 amide bonds. The summed E-state index contributed by atoms with van der Waals surface area (Å²) in [6, 6.07) is 14.8. The number of benzene rings is 2. The number of hydrogen-bond acceptors (Lipinski definition) is 7. The minimum atomic E-state index is -0.500. The molecule has 0 saturated carbocycles. The van der Waals surface area contributed by atoms with Crippen LogP contribution >= 0.6 is 11.8 Å². The van der Waals surface area contributed by atoms with Crippen molar-refractivity contribution in [3.63, 3.8) is 0 Å². The Morgan fingerprint density at radius 2 is 1.78 bits per heavy atom. The highest BCUT2D eigenvalue weighted by Crippen LogP contribution is 2.29. The summed E-state index contributed by atoms with van der Waals surface area (Å²) in [6.07, 6.45) is 3.07. The highest BCUT2D eigenvalue weighted by atomic mass is 32.2. The van der Waals surface area contributed by atoms with E-state index in [1.54, 1.807) is 48.5 Å². The molecule has 0 saturated heterocycles. The Bertz CT molecular complexity index is 1120. The fourth-order valence-electron chi connectivity index (χ4n) is 2.81. The molecule has 3 rings (SSSR count). The number of carbonyl (C=O) groups excluding carboxylic acids is 2. The third-order valence-electron chi connectivity index (χ3n) is 4.29. The fourth-order valence-corrected chi connectivity index (χ4v) is 3.58. The van der Waals surface area contributed by atoms with Gasteiger partial charge in [-0.1, -0.05) is 12.1 Å². The molecule has 0 bridgehead atoms. The van der Waals surface area contributed by atoms with Gasteiger partial charge in [-0.25, -0.2) is 0 Å². The van der Waals surface area contributed by atoms with Gasteiger partial charge in [0.2, 0.25) is 5.91 Å². The summed E-state index contributed by atoms with van der Waals surface area (Å²) in [5.74, 6) is 0.279. The number of nitrogens with zero attached hydrogens (tertiary/aromatic N) is 2. The van der Waals surface area contributed by atoms with Crippen molar-refractivity contribution in [1.82, 2.24) is 4.98 Å². The van der Waals surface area contributed by atoms with E-state index in [1.807, 2.05) is 0 Å². The van der Waals surface area contributed by atoms with Gasteiger partial charge < -0.3 is 15.4 Å². The first-order valence-corrected chi connectivity index (χ1v) is 10.6. The van der Waals surface area contributed by atoms with Crippen molar-refractivity contribution in [2.45, 2.75) is 5.75 Å². The van der Waals surface area contributed by atoms with E-state index in [-0.39, 0.29) is 29.0 Å². The van der Waals surface area contributed by atoms with Gasteiger partial charge in [-0.2, -0.15) is 0 Å². The molecule has 3 aromatic rings. The van der Waals surface area contributed by atoms with Crippen molar-refractivity contribution in [3.8, 4) is 5.75 Å². The number of methoxy groups -OCH3 is 1. The summed E-state index contributed by atoms with van der Waals surface area (Å²) in [4.78, 5) is 39.0. The molecule has 2 N–H and O–H groups in total. The molecule has 1 aromatic heterocycles. The largest absolute Gasteiger partial charge is 0.490 e. The Balaban J connectivity index is 1.52. The van der Waals surface area contributed by atoms with Gasteiger partial charge in [0.05, 0.1) is 17.8 Å². The van der Waals surface area contributed by atoms with E-state index in [2.05, 4.69) is 15.6 Å². The topological polar surface area (TPSA) is 123 Å². The number of anilines is 2. The highest BCUT2D eigenvalue weighted by molar-refractivity contribution is 7.99. The van der Waals surface area contributed by atoms with E-state index < -0.39 is 4.92 Å². The van der Waals surface area contributed by atoms with E-state index in [0.29, 0.717) is 22.7 Å². The van der Waals surface area contributed by atoms with Crippen LogP contribution in [0.5, 0.6) is 5.75 Å². The number of nitrogens with one attached hydrogen (secondary N) is 2. The number of thioether (sulfide) groups is 1. The summed E-state index contributed by atoms with van der Waals surface area (Å²) in [5.41, 5.74) is 2.17. The Labute approximate surface area is 188 Å². The van der Waals surface area contributed by atoms with Crippen LogP contribution in [-0.4, -0.2) is 34.6 Å². The van der Waals surface area contributed by atoms with Crippen LogP contribution in [-0.2, 0) is 10.5 Å². The first-order chi connectivity index (χ1) is 15.5. The summed E-state index contributed by atoms with van der Waals surface area (Å²) < 4.78 is 4.99. The average molecular weight is 452 g/mol. The third kappa shape index (κ3) is 6.29. The van der Waals surface area contributed by atoms with Gasteiger partial charge in [-0.05, 0) is 42.0 Å². The van der Waals surface area contributed by atoms with Crippen LogP contribution in [0, 0.1) is 10.1 Å². The van der Waals surface area contributed by atoms with Crippen molar-refractivity contribution in [2.24, 2.45) is 0 Å². The van der Waals surface area contributed by atoms with E-state index in [9.17, 15) is 19.7 Å². The Kier molecular flexibility index (Phi) is 7.76. The number of pyridine rings is 1. The smallest absolute Gasteiger partial charge is 0.311 e. The molecule has 0 aliphatic heterocycles. The van der Waals surface area contributed by atoms with Crippen LogP contribution in [0.1, 0.15) is 15.9 Å². The molecule has 0 aliphatic rings. The summed E-state index contributed by atoms with van der Waals surface area (Å²) in [5, 5.41) is 16.7. The quantitative estimate of drug-likeness (QED) is 0.370. The normalized spacial score (nSPS) is 10.3. The van der Waals surface area contributed by atoms with Crippen molar-refractivity contribution < 1.29 is 19.2 Å². The number of aromatic nitrogens is 1. The molecule has 10 heteroatoms. The van der Waals surface area contributed by atoms with Crippen molar-refractivity contribution in [1.29, 1.82) is 0 Å². The lowest BCUT2D eigenvalue weighted by atomic mass is 10.2. The molecule has 1 heterocycles. The Hall–Kier alpha value is -3.92. The highest BCUT2D eigenvalue weighted by Gasteiger charge is 2.15. The molecular formula is C22H20N4O5S. The molecule has 2 aromatic carbocycles. The van der Waals surface area contributed by atoms with Crippen LogP contribution in [0.3, 0.4) is 0 Å². The fraction of sp³-hybridized carbons (Fsp3) is 0.136. The Morgan fingerprint density at radius 3 is 2.47 bits per heavy atom. The van der Waals surface area contributed by atoms with Crippen molar-refractivity contribution in [2.75, 3.05) is 23.5 Å². The third-order valence-corrected chi connectivity index (χ3v) is 5.29. The minimum Gasteiger partial charge on any atom is -0.490 e. The number of carbonyl (C=O) groups is 2. The maximum absolute atomic E-state index is 12.3. The second-order valence-corrected chi connectivity index (χ2v) is 7.56. The van der Waals surface area contributed by atoms with Gasteiger partial charge in [0.25, 0.3) is 5.91 Å². The van der Waals surface area contributed by atoms with E-state index in [4.69, 9.17) is 4.74 Å². The first kappa shape index (κ1) is 22.8. The lowest BCUT2D eigenvalue weighted by Gasteiger charge is -2.09. The zero-order valence-electron chi connectivity index (χ0n) is 17.1. The molecule has 0 unspecified atom stereocenters. The van der Waals surface area contributed by atoms with Gasteiger partial charge >= 0.3 is 5.69 Å². The summed E-state index contributed by atoms with van der Waals surface area (Å²) in [6.45, 7) is 0. The van der Waals surface area contributed by atoms with Crippen LogP contribution in [0.4, 0.5) is 17.1 Å². The molecule has 0 aliphatic carbocycles. The molecule has 0 radical (unpaired) electrons. The van der Waals surface area contributed by atoms with E-state index in [1.165, 1.54) is 37.3 Å². The molecule has 32 heavy (non-hydrogen) atoms. The standard InChI is InChI=1S/C22H20N4O5S/c1-31-20-6-5-15(11-19(20)26(29)30)13-32-14-21(27)24-17-3-2-4-18(12-17)25-22(28)16-7-9-23-10-8-16/h2-12H,13-14H2,1H3,(H,24,27)(H,25,28). The number of hydrogen-bond donors (Lipinski definition) is 2. The van der Waals surface area contributed by atoms with Crippen molar-refractivity contribution in [3.05, 3.63) is 88.2 Å². The monoisotopic (exact) mass is 452 g/mol. The molecular weight excluding hydrogens is 432 g/mol. The summed E-state index contributed by atoms with van der Waals surface area (Å²) >= 11 is 1.33. The molecule has 9 nitrogen and oxygen atoms in total. The van der Waals surface area contributed by atoms with Gasteiger partial charge in [0, 0.05) is 41.2 Å². The van der Waals surface area contributed by atoms with Gasteiger partial charge in [0.1, 0.15) is 0 Å². The zero-order chi connectivity index (χ0) is 22.9. The van der Waals surface area contributed by atoms with Crippen LogP contribution < -0.4 is 15.4 Å². The van der Waals surface area contributed by atoms with Crippen LogP contribution in [0.25, 0.3) is 0 Å². The molecule has 0 spiro atoms. The molecule has 0 atom stereocenters. The number of amides is 2. The number of nitro groups is 1. The first-order valence-electron chi connectivity index (χ1n) is 9.46. The van der Waals surface area contributed by atoms with Gasteiger partial charge in [0.15, 0.2) is 5.75 Å². The molecule has 164 valence electrons. The maximum Gasteiger partial charge on any atom is 0.311 e. The van der Waals surface area contributed by atoms with Gasteiger partial charge in [-0.3, -0.25) is 24.7 Å². The average Bonchev–Trinajstić information content (AvgIpc) is 2.79. The Morgan fingerprint density at radius 1 is 1.06 bits per heavy atom.